The number of nitrogen functional groups attached to an aromatic ring is 1. The molecule has 1 aromatic rings. The molecule has 0 fully saturated rings. The first-order valence-electron chi connectivity index (χ1n) is 5.34. The summed E-state index contributed by atoms with van der Waals surface area (Å²) in [7, 11) is 1.50. The number of hydrogen-bond donors (Lipinski definition) is 3. The van der Waals surface area contributed by atoms with Crippen molar-refractivity contribution in [2.75, 3.05) is 18.2 Å². The van der Waals surface area contributed by atoms with Crippen LogP contribution in [0.1, 0.15) is 27.7 Å². The van der Waals surface area contributed by atoms with E-state index in [-0.39, 0.29) is 5.82 Å². The minimum Gasteiger partial charge on any atom is -0.490 e. The van der Waals surface area contributed by atoms with Crippen molar-refractivity contribution in [1.29, 1.82) is 0 Å². The van der Waals surface area contributed by atoms with Gasteiger partial charge in [-0.25, -0.2) is 9.97 Å². The van der Waals surface area contributed by atoms with Gasteiger partial charge in [-0.2, -0.15) is 0 Å². The van der Waals surface area contributed by atoms with Crippen LogP contribution in [-0.4, -0.2) is 33.3 Å². The predicted molar refractivity (Wildman–Crippen MR) is 67.0 cm³/mol. The fourth-order valence-electron chi connectivity index (χ4n) is 1.13. The topological polar surface area (TPSA) is 93.3 Å². The van der Waals surface area contributed by atoms with E-state index in [4.69, 9.17) is 10.5 Å². The van der Waals surface area contributed by atoms with Gasteiger partial charge in [0.2, 0.25) is 5.75 Å². The summed E-state index contributed by atoms with van der Waals surface area (Å²) in [6, 6.07) is 0. The van der Waals surface area contributed by atoms with Crippen molar-refractivity contribution in [1.82, 2.24) is 9.97 Å². The van der Waals surface area contributed by atoms with Crippen molar-refractivity contribution in [3.63, 3.8) is 0 Å². The predicted octanol–water partition coefficient (Wildman–Crippen LogP) is 1.03. The fourth-order valence-corrected chi connectivity index (χ4v) is 1.13. The van der Waals surface area contributed by atoms with Crippen LogP contribution in [-0.2, 0) is 0 Å². The zero-order valence-electron chi connectivity index (χ0n) is 10.9. The van der Waals surface area contributed by atoms with E-state index in [1.807, 2.05) is 13.8 Å². The van der Waals surface area contributed by atoms with Gasteiger partial charge in [0.1, 0.15) is 6.33 Å². The number of nitrogens with two attached hydrogens (primary N) is 1. The van der Waals surface area contributed by atoms with Crippen molar-refractivity contribution >= 4 is 11.6 Å². The van der Waals surface area contributed by atoms with E-state index in [1.54, 1.807) is 13.8 Å². The summed E-state index contributed by atoms with van der Waals surface area (Å²) < 4.78 is 5.14. The van der Waals surface area contributed by atoms with Gasteiger partial charge in [-0.1, -0.05) is 0 Å². The molecule has 0 atom stereocenters. The van der Waals surface area contributed by atoms with Crippen molar-refractivity contribution in [2.45, 2.75) is 38.8 Å². The molecule has 6 nitrogen and oxygen atoms in total. The number of aromatic nitrogens is 2. The first-order valence-corrected chi connectivity index (χ1v) is 5.34. The standard InChI is InChI=1S/C11H20N4O2/c1-10(2,11(3,4)16)15-9-7(17-5)8(12)13-6-14-9/h6,16H,1-5H3,(H3,12,13,14,15). The Kier molecular flexibility index (Phi) is 3.47. The summed E-state index contributed by atoms with van der Waals surface area (Å²) in [6.07, 6.45) is 1.35. The van der Waals surface area contributed by atoms with E-state index < -0.39 is 11.1 Å². The Morgan fingerprint density at radius 2 is 1.88 bits per heavy atom. The number of rotatable bonds is 4. The molecule has 0 aromatic carbocycles. The highest BCUT2D eigenvalue weighted by atomic mass is 16.5. The van der Waals surface area contributed by atoms with E-state index in [0.717, 1.165) is 0 Å². The molecule has 1 heterocycles. The van der Waals surface area contributed by atoms with Gasteiger partial charge >= 0.3 is 0 Å². The van der Waals surface area contributed by atoms with Gasteiger partial charge < -0.3 is 20.9 Å². The van der Waals surface area contributed by atoms with Crippen LogP contribution < -0.4 is 15.8 Å². The number of nitrogens with zero attached hydrogens (tertiary/aromatic N) is 2. The molecule has 0 saturated carbocycles. The Balaban J connectivity index is 3.08. The van der Waals surface area contributed by atoms with Gasteiger partial charge in [0.15, 0.2) is 11.6 Å². The third kappa shape index (κ3) is 2.76. The van der Waals surface area contributed by atoms with E-state index in [0.29, 0.717) is 11.6 Å². The molecule has 17 heavy (non-hydrogen) atoms. The van der Waals surface area contributed by atoms with Crippen LogP contribution in [0, 0.1) is 0 Å². The molecule has 0 aliphatic carbocycles. The third-order valence-electron chi connectivity index (χ3n) is 3.00. The highest BCUT2D eigenvalue weighted by Crippen LogP contribution is 2.32. The lowest BCUT2D eigenvalue weighted by Crippen LogP contribution is -2.51. The van der Waals surface area contributed by atoms with E-state index >= 15 is 0 Å². The molecule has 0 saturated heterocycles. The second-order valence-corrected chi connectivity index (χ2v) is 4.95. The molecule has 96 valence electrons. The van der Waals surface area contributed by atoms with Crippen LogP contribution >= 0.6 is 0 Å². The Bertz CT molecular complexity index is 399. The van der Waals surface area contributed by atoms with Crippen molar-refractivity contribution < 1.29 is 9.84 Å². The molecule has 0 aliphatic heterocycles. The Morgan fingerprint density at radius 1 is 1.29 bits per heavy atom. The molecule has 0 unspecified atom stereocenters. The summed E-state index contributed by atoms with van der Waals surface area (Å²) in [5.41, 5.74) is 4.15. The van der Waals surface area contributed by atoms with Crippen molar-refractivity contribution in [3.8, 4) is 5.75 Å². The average Bonchev–Trinajstić information content (AvgIpc) is 2.15. The molecular formula is C11H20N4O2. The van der Waals surface area contributed by atoms with Gasteiger partial charge in [-0.05, 0) is 27.7 Å². The third-order valence-corrected chi connectivity index (χ3v) is 3.00. The van der Waals surface area contributed by atoms with Gasteiger partial charge in [0.05, 0.1) is 18.2 Å². The highest BCUT2D eigenvalue weighted by Gasteiger charge is 2.36. The lowest BCUT2D eigenvalue weighted by atomic mass is 9.86. The van der Waals surface area contributed by atoms with Gasteiger partial charge in [-0.15, -0.1) is 0 Å². The van der Waals surface area contributed by atoms with Gasteiger partial charge in [-0.3, -0.25) is 0 Å². The zero-order chi connectivity index (χ0) is 13.3. The quantitative estimate of drug-likeness (QED) is 0.727. The molecular weight excluding hydrogens is 220 g/mol. The second-order valence-electron chi connectivity index (χ2n) is 4.95. The van der Waals surface area contributed by atoms with Crippen LogP contribution in [0.5, 0.6) is 5.75 Å². The highest BCUT2D eigenvalue weighted by molar-refractivity contribution is 5.62. The molecule has 0 bridgehead atoms. The van der Waals surface area contributed by atoms with Crippen LogP contribution in [0.4, 0.5) is 11.6 Å². The lowest BCUT2D eigenvalue weighted by Gasteiger charge is -2.38. The minimum atomic E-state index is -0.933. The Labute approximate surface area is 101 Å². The summed E-state index contributed by atoms with van der Waals surface area (Å²) in [5, 5.41) is 13.2. The van der Waals surface area contributed by atoms with Crippen LogP contribution in [0.2, 0.25) is 0 Å². The maximum atomic E-state index is 10.1. The van der Waals surface area contributed by atoms with Crippen molar-refractivity contribution in [3.05, 3.63) is 6.33 Å². The molecule has 4 N–H and O–H groups in total. The number of ether oxygens (including phenoxy) is 1. The molecule has 0 spiro atoms. The van der Waals surface area contributed by atoms with Gasteiger partial charge in [0.25, 0.3) is 0 Å². The number of hydrogen-bond acceptors (Lipinski definition) is 6. The first kappa shape index (κ1) is 13.5. The normalized spacial score (nSPS) is 12.4. The maximum absolute atomic E-state index is 10.1. The number of anilines is 2. The lowest BCUT2D eigenvalue weighted by molar-refractivity contribution is 0.0238. The second kappa shape index (κ2) is 4.37. The molecule has 1 rings (SSSR count). The van der Waals surface area contributed by atoms with E-state index in [1.165, 1.54) is 13.4 Å². The van der Waals surface area contributed by atoms with Crippen LogP contribution in [0.15, 0.2) is 6.33 Å². The minimum absolute atomic E-state index is 0.261. The van der Waals surface area contributed by atoms with E-state index in [9.17, 15) is 5.11 Å². The number of aliphatic hydroxyl groups is 1. The summed E-state index contributed by atoms with van der Waals surface area (Å²) in [6.45, 7) is 7.17. The molecule has 0 radical (unpaired) electrons. The summed E-state index contributed by atoms with van der Waals surface area (Å²) >= 11 is 0. The zero-order valence-corrected chi connectivity index (χ0v) is 10.9. The molecule has 1 aromatic heterocycles. The summed E-state index contributed by atoms with van der Waals surface area (Å²) in [5.74, 6) is 1.11. The Morgan fingerprint density at radius 3 is 2.35 bits per heavy atom. The van der Waals surface area contributed by atoms with Crippen LogP contribution in [0.3, 0.4) is 0 Å². The van der Waals surface area contributed by atoms with Crippen LogP contribution in [0.25, 0.3) is 0 Å². The fraction of sp³-hybridized carbons (Fsp3) is 0.636. The monoisotopic (exact) mass is 240 g/mol. The number of methoxy groups -OCH3 is 1. The Hall–Kier alpha value is -1.56. The van der Waals surface area contributed by atoms with Crippen molar-refractivity contribution in [2.24, 2.45) is 0 Å². The SMILES string of the molecule is COc1c(N)ncnc1NC(C)(C)C(C)(C)O. The molecule has 0 aliphatic rings. The average molecular weight is 240 g/mol. The largest absolute Gasteiger partial charge is 0.490 e. The summed E-state index contributed by atoms with van der Waals surface area (Å²) in [4.78, 5) is 7.91. The van der Waals surface area contributed by atoms with Gasteiger partial charge in [0, 0.05) is 0 Å². The van der Waals surface area contributed by atoms with E-state index in [2.05, 4.69) is 15.3 Å². The molecule has 0 amide bonds. The smallest absolute Gasteiger partial charge is 0.203 e. The number of nitrogens with one attached hydrogen (secondary N) is 1. The first-order chi connectivity index (χ1) is 7.69. The molecule has 6 heteroatoms. The maximum Gasteiger partial charge on any atom is 0.203 e.